The first-order valence-corrected chi connectivity index (χ1v) is 7.58. The number of carbonyl (C=O) groups excluding carboxylic acids is 1. The third-order valence-corrected chi connectivity index (χ3v) is 4.04. The standard InChI is InChI=1S/C15H16ClNOS/c1-11(9-14-3-2-8-19-14)17-15(18)13-6-4-12(10-16)5-7-13/h2-8,11H,9-10H2,1H3,(H,17,18). The molecule has 2 rings (SSSR count). The minimum absolute atomic E-state index is 0.0369. The van der Waals surface area contributed by atoms with Crippen molar-refractivity contribution in [1.29, 1.82) is 0 Å². The Hall–Kier alpha value is -1.32. The first-order valence-electron chi connectivity index (χ1n) is 6.17. The van der Waals surface area contributed by atoms with Crippen molar-refractivity contribution in [3.05, 3.63) is 57.8 Å². The van der Waals surface area contributed by atoms with Crippen LogP contribution in [0.25, 0.3) is 0 Å². The van der Waals surface area contributed by atoms with E-state index in [0.717, 1.165) is 12.0 Å². The molecule has 0 radical (unpaired) electrons. The minimum Gasteiger partial charge on any atom is -0.349 e. The van der Waals surface area contributed by atoms with Crippen LogP contribution in [0, 0.1) is 0 Å². The Morgan fingerprint density at radius 2 is 2.05 bits per heavy atom. The monoisotopic (exact) mass is 293 g/mol. The number of hydrogen-bond donors (Lipinski definition) is 1. The number of carbonyl (C=O) groups is 1. The highest BCUT2D eigenvalue weighted by Crippen LogP contribution is 2.12. The molecule has 0 saturated heterocycles. The normalized spacial score (nSPS) is 12.1. The second kappa shape index (κ2) is 6.73. The Balaban J connectivity index is 1.92. The molecule has 0 aliphatic heterocycles. The summed E-state index contributed by atoms with van der Waals surface area (Å²) >= 11 is 7.44. The van der Waals surface area contributed by atoms with Gasteiger partial charge in [0.15, 0.2) is 0 Å². The molecule has 1 aromatic carbocycles. The lowest BCUT2D eigenvalue weighted by atomic mass is 10.1. The Morgan fingerprint density at radius 1 is 1.32 bits per heavy atom. The van der Waals surface area contributed by atoms with Gasteiger partial charge in [0.2, 0.25) is 0 Å². The fourth-order valence-electron chi connectivity index (χ4n) is 1.83. The molecule has 1 heterocycles. The molecule has 1 unspecified atom stereocenters. The fraction of sp³-hybridized carbons (Fsp3) is 0.267. The van der Waals surface area contributed by atoms with E-state index in [0.29, 0.717) is 11.4 Å². The van der Waals surface area contributed by atoms with Gasteiger partial charge < -0.3 is 5.32 Å². The number of halogens is 1. The van der Waals surface area contributed by atoms with Crippen molar-refractivity contribution in [2.24, 2.45) is 0 Å². The molecule has 100 valence electrons. The summed E-state index contributed by atoms with van der Waals surface area (Å²) in [5.74, 6) is 0.432. The average molecular weight is 294 g/mol. The van der Waals surface area contributed by atoms with E-state index in [9.17, 15) is 4.79 Å². The molecule has 2 aromatic rings. The maximum Gasteiger partial charge on any atom is 0.251 e. The molecular formula is C15H16ClNOS. The van der Waals surface area contributed by atoms with Gasteiger partial charge in [0.25, 0.3) is 5.91 Å². The van der Waals surface area contributed by atoms with Crippen LogP contribution in [0.15, 0.2) is 41.8 Å². The Bertz CT molecular complexity index is 522. The molecule has 1 amide bonds. The second-order valence-corrected chi connectivity index (χ2v) is 5.79. The Kier molecular flexibility index (Phi) is 5.00. The SMILES string of the molecule is CC(Cc1cccs1)NC(=O)c1ccc(CCl)cc1. The molecule has 0 aliphatic rings. The maximum atomic E-state index is 12.0. The van der Waals surface area contributed by atoms with Crippen LogP contribution in [0.4, 0.5) is 0 Å². The molecule has 1 atom stereocenters. The molecule has 1 aromatic heterocycles. The molecule has 19 heavy (non-hydrogen) atoms. The third-order valence-electron chi connectivity index (χ3n) is 2.84. The van der Waals surface area contributed by atoms with E-state index in [-0.39, 0.29) is 11.9 Å². The predicted molar refractivity (Wildman–Crippen MR) is 81.0 cm³/mol. The lowest BCUT2D eigenvalue weighted by Crippen LogP contribution is -2.33. The van der Waals surface area contributed by atoms with Crippen molar-refractivity contribution < 1.29 is 4.79 Å². The molecular weight excluding hydrogens is 278 g/mol. The number of nitrogens with one attached hydrogen (secondary N) is 1. The zero-order valence-corrected chi connectivity index (χ0v) is 12.3. The van der Waals surface area contributed by atoms with Gasteiger partial charge in [0, 0.05) is 28.8 Å². The zero-order valence-electron chi connectivity index (χ0n) is 10.7. The molecule has 4 heteroatoms. The molecule has 0 fully saturated rings. The minimum atomic E-state index is -0.0369. The van der Waals surface area contributed by atoms with Crippen LogP contribution >= 0.6 is 22.9 Å². The molecule has 0 saturated carbocycles. The summed E-state index contributed by atoms with van der Waals surface area (Å²) < 4.78 is 0. The van der Waals surface area contributed by atoms with Crippen molar-refractivity contribution in [2.75, 3.05) is 0 Å². The van der Waals surface area contributed by atoms with E-state index in [2.05, 4.69) is 16.8 Å². The van der Waals surface area contributed by atoms with Gasteiger partial charge in [0.1, 0.15) is 0 Å². The van der Waals surface area contributed by atoms with Crippen LogP contribution in [0.5, 0.6) is 0 Å². The topological polar surface area (TPSA) is 29.1 Å². The van der Waals surface area contributed by atoms with Gasteiger partial charge in [-0.25, -0.2) is 0 Å². The van der Waals surface area contributed by atoms with Crippen LogP contribution in [0.3, 0.4) is 0 Å². The molecule has 0 spiro atoms. The van der Waals surface area contributed by atoms with E-state index < -0.39 is 0 Å². The highest BCUT2D eigenvalue weighted by atomic mass is 35.5. The van der Waals surface area contributed by atoms with E-state index in [1.807, 2.05) is 37.3 Å². The second-order valence-electron chi connectivity index (χ2n) is 4.49. The summed E-state index contributed by atoms with van der Waals surface area (Å²) in [6.45, 7) is 2.02. The number of alkyl halides is 1. The summed E-state index contributed by atoms with van der Waals surface area (Å²) in [7, 11) is 0. The molecule has 1 N–H and O–H groups in total. The van der Waals surface area contributed by atoms with Crippen LogP contribution in [0.2, 0.25) is 0 Å². The van der Waals surface area contributed by atoms with Gasteiger partial charge >= 0.3 is 0 Å². The maximum absolute atomic E-state index is 12.0. The lowest BCUT2D eigenvalue weighted by Gasteiger charge is -2.13. The van der Waals surface area contributed by atoms with Crippen LogP contribution in [0.1, 0.15) is 27.7 Å². The highest BCUT2D eigenvalue weighted by Gasteiger charge is 2.10. The molecule has 0 bridgehead atoms. The van der Waals surface area contributed by atoms with Gasteiger partial charge in [-0.2, -0.15) is 0 Å². The predicted octanol–water partition coefficient (Wildman–Crippen LogP) is 3.85. The van der Waals surface area contributed by atoms with Gasteiger partial charge in [-0.3, -0.25) is 4.79 Å². The van der Waals surface area contributed by atoms with Crippen molar-refractivity contribution in [1.82, 2.24) is 5.32 Å². The Labute approximate surface area is 122 Å². The number of benzene rings is 1. The average Bonchev–Trinajstić information content (AvgIpc) is 2.91. The van der Waals surface area contributed by atoms with E-state index in [1.54, 1.807) is 11.3 Å². The molecule has 2 nitrogen and oxygen atoms in total. The van der Waals surface area contributed by atoms with Crippen LogP contribution in [-0.2, 0) is 12.3 Å². The highest BCUT2D eigenvalue weighted by molar-refractivity contribution is 7.09. The van der Waals surface area contributed by atoms with Gasteiger partial charge in [0.05, 0.1) is 0 Å². The molecule has 0 aliphatic carbocycles. The van der Waals surface area contributed by atoms with Gasteiger partial charge in [-0.05, 0) is 36.1 Å². The fourth-order valence-corrected chi connectivity index (χ4v) is 2.85. The number of hydrogen-bond acceptors (Lipinski definition) is 2. The smallest absolute Gasteiger partial charge is 0.251 e. The number of thiophene rings is 1. The van der Waals surface area contributed by atoms with Crippen molar-refractivity contribution in [3.8, 4) is 0 Å². The summed E-state index contributed by atoms with van der Waals surface area (Å²) in [4.78, 5) is 13.3. The summed E-state index contributed by atoms with van der Waals surface area (Å²) in [6, 6.07) is 11.6. The van der Waals surface area contributed by atoms with Crippen molar-refractivity contribution >= 4 is 28.8 Å². The first-order chi connectivity index (χ1) is 9.19. The zero-order chi connectivity index (χ0) is 13.7. The third kappa shape index (κ3) is 4.08. The van der Waals surface area contributed by atoms with E-state index in [4.69, 9.17) is 11.6 Å². The summed E-state index contributed by atoms with van der Waals surface area (Å²) in [6.07, 6.45) is 0.864. The van der Waals surface area contributed by atoms with E-state index in [1.165, 1.54) is 4.88 Å². The van der Waals surface area contributed by atoms with Crippen LogP contribution in [-0.4, -0.2) is 11.9 Å². The number of rotatable bonds is 5. The van der Waals surface area contributed by atoms with Crippen molar-refractivity contribution in [2.45, 2.75) is 25.3 Å². The first kappa shape index (κ1) is 14.1. The van der Waals surface area contributed by atoms with Crippen molar-refractivity contribution in [3.63, 3.8) is 0 Å². The van der Waals surface area contributed by atoms with Gasteiger partial charge in [-0.1, -0.05) is 18.2 Å². The largest absolute Gasteiger partial charge is 0.349 e. The summed E-state index contributed by atoms with van der Waals surface area (Å²) in [5, 5.41) is 5.06. The number of amides is 1. The van der Waals surface area contributed by atoms with Gasteiger partial charge in [-0.15, -0.1) is 22.9 Å². The van der Waals surface area contributed by atoms with Crippen LogP contribution < -0.4 is 5.32 Å². The van der Waals surface area contributed by atoms with E-state index >= 15 is 0 Å². The summed E-state index contributed by atoms with van der Waals surface area (Å²) in [5.41, 5.74) is 1.69. The lowest BCUT2D eigenvalue weighted by molar-refractivity contribution is 0.0940. The quantitative estimate of drug-likeness (QED) is 0.834. The Morgan fingerprint density at radius 3 is 2.63 bits per heavy atom.